The number of ketones is 1. The van der Waals surface area contributed by atoms with E-state index < -0.39 is 22.0 Å². The Bertz CT molecular complexity index is 1170. The Morgan fingerprint density at radius 1 is 1.06 bits per heavy atom. The highest BCUT2D eigenvalue weighted by atomic mass is 35.5. The number of hydrogen-bond acceptors (Lipinski definition) is 5. The first-order valence-electron chi connectivity index (χ1n) is 10.7. The Kier molecular flexibility index (Phi) is 7.88. The Labute approximate surface area is 198 Å². The third kappa shape index (κ3) is 5.79. The van der Waals surface area contributed by atoms with Gasteiger partial charge in [-0.3, -0.25) is 14.4 Å². The van der Waals surface area contributed by atoms with Gasteiger partial charge in [0.15, 0.2) is 5.78 Å². The van der Waals surface area contributed by atoms with E-state index in [2.05, 4.69) is 10.6 Å². The van der Waals surface area contributed by atoms with Crippen molar-refractivity contribution in [1.82, 2.24) is 4.31 Å². The molecule has 8 nitrogen and oxygen atoms in total. The lowest BCUT2D eigenvalue weighted by molar-refractivity contribution is -0.120. The van der Waals surface area contributed by atoms with Crippen molar-refractivity contribution in [2.45, 2.75) is 50.5 Å². The predicted molar refractivity (Wildman–Crippen MR) is 127 cm³/mol. The second-order valence-corrected chi connectivity index (χ2v) is 10.1. The van der Waals surface area contributed by atoms with Gasteiger partial charge in [0.1, 0.15) is 6.04 Å². The summed E-state index contributed by atoms with van der Waals surface area (Å²) in [5, 5.41) is 5.68. The lowest BCUT2D eigenvalue weighted by Crippen LogP contribution is -2.49. The van der Waals surface area contributed by atoms with Crippen LogP contribution in [0.5, 0.6) is 0 Å². The normalized spacial score (nSPS) is 16.8. The lowest BCUT2D eigenvalue weighted by Gasteiger charge is -2.33. The maximum absolute atomic E-state index is 13.3. The van der Waals surface area contributed by atoms with E-state index in [1.165, 1.54) is 41.6 Å². The molecule has 1 atom stereocenters. The molecular formula is C23H26ClN3O5S. The molecule has 33 heavy (non-hydrogen) atoms. The number of benzene rings is 2. The van der Waals surface area contributed by atoms with Crippen LogP contribution in [-0.4, -0.2) is 42.9 Å². The molecule has 1 saturated heterocycles. The number of halogens is 1. The van der Waals surface area contributed by atoms with E-state index >= 15 is 0 Å². The minimum absolute atomic E-state index is 0.0227. The lowest BCUT2D eigenvalue weighted by atomic mass is 10.0. The molecule has 3 rings (SSSR count). The van der Waals surface area contributed by atoms with Crippen molar-refractivity contribution in [3.63, 3.8) is 0 Å². The van der Waals surface area contributed by atoms with E-state index in [0.717, 1.165) is 0 Å². The van der Waals surface area contributed by atoms with Crippen molar-refractivity contribution >= 4 is 50.6 Å². The van der Waals surface area contributed by atoms with Crippen molar-refractivity contribution in [3.05, 3.63) is 53.1 Å². The third-order valence-electron chi connectivity index (χ3n) is 5.45. The molecule has 0 spiro atoms. The van der Waals surface area contributed by atoms with Crippen molar-refractivity contribution in [2.24, 2.45) is 0 Å². The van der Waals surface area contributed by atoms with Gasteiger partial charge in [-0.1, -0.05) is 37.1 Å². The SMILES string of the molecule is CCC(=O)Nc1ccc(Cl)c(NC(=O)C2CCCCN2S(=O)(=O)c2ccc(C(C)=O)cc2)c1. The molecule has 0 radical (unpaired) electrons. The van der Waals surface area contributed by atoms with Gasteiger partial charge in [0.25, 0.3) is 0 Å². The van der Waals surface area contributed by atoms with E-state index in [1.807, 2.05) is 0 Å². The fourth-order valence-corrected chi connectivity index (χ4v) is 5.44. The molecule has 0 aromatic heterocycles. The first kappa shape index (κ1) is 24.9. The van der Waals surface area contributed by atoms with Crippen LogP contribution < -0.4 is 10.6 Å². The van der Waals surface area contributed by atoms with Crippen LogP contribution in [0.3, 0.4) is 0 Å². The van der Waals surface area contributed by atoms with Crippen LogP contribution in [0, 0.1) is 0 Å². The van der Waals surface area contributed by atoms with Crippen LogP contribution in [0.1, 0.15) is 49.9 Å². The van der Waals surface area contributed by atoms with Gasteiger partial charge in [0.05, 0.1) is 15.6 Å². The van der Waals surface area contributed by atoms with Gasteiger partial charge in [-0.2, -0.15) is 4.31 Å². The average molecular weight is 492 g/mol. The molecule has 176 valence electrons. The van der Waals surface area contributed by atoms with Gasteiger partial charge in [-0.25, -0.2) is 8.42 Å². The largest absolute Gasteiger partial charge is 0.326 e. The summed E-state index contributed by atoms with van der Waals surface area (Å²) in [6.45, 7) is 3.33. The van der Waals surface area contributed by atoms with Crippen LogP contribution in [0.15, 0.2) is 47.4 Å². The van der Waals surface area contributed by atoms with Crippen molar-refractivity contribution < 1.29 is 22.8 Å². The summed E-state index contributed by atoms with van der Waals surface area (Å²) in [6.07, 6.45) is 1.99. The molecule has 1 aliphatic heterocycles. The molecule has 0 saturated carbocycles. The number of amides is 2. The number of nitrogens with one attached hydrogen (secondary N) is 2. The summed E-state index contributed by atoms with van der Waals surface area (Å²) in [5.41, 5.74) is 1.16. The molecule has 1 heterocycles. The summed E-state index contributed by atoms with van der Waals surface area (Å²) in [5.74, 6) is -0.849. The highest BCUT2D eigenvalue weighted by Gasteiger charge is 2.37. The van der Waals surface area contributed by atoms with Gasteiger partial charge in [0, 0.05) is 24.2 Å². The summed E-state index contributed by atoms with van der Waals surface area (Å²) >= 11 is 6.23. The number of Topliss-reactive ketones (excluding diaryl/α,β-unsaturated/α-hetero) is 1. The van der Waals surface area contributed by atoms with Gasteiger partial charge >= 0.3 is 0 Å². The molecule has 0 bridgehead atoms. The first-order valence-corrected chi connectivity index (χ1v) is 12.5. The van der Waals surface area contributed by atoms with Crippen LogP contribution in [0.2, 0.25) is 5.02 Å². The molecule has 2 aromatic carbocycles. The smallest absolute Gasteiger partial charge is 0.243 e. The number of hydrogen-bond donors (Lipinski definition) is 2. The van der Waals surface area contributed by atoms with E-state index in [1.54, 1.807) is 19.1 Å². The van der Waals surface area contributed by atoms with Crippen LogP contribution in [-0.2, 0) is 19.6 Å². The van der Waals surface area contributed by atoms with Gasteiger partial charge in [-0.15, -0.1) is 0 Å². The summed E-state index contributed by atoms with van der Waals surface area (Å²) in [6, 6.07) is 9.48. The van der Waals surface area contributed by atoms with Crippen LogP contribution in [0.25, 0.3) is 0 Å². The second kappa shape index (κ2) is 10.5. The third-order valence-corrected chi connectivity index (χ3v) is 7.70. The fraction of sp³-hybridized carbons (Fsp3) is 0.348. The molecule has 1 unspecified atom stereocenters. The number of piperidine rings is 1. The quantitative estimate of drug-likeness (QED) is 0.567. The van der Waals surface area contributed by atoms with Crippen LogP contribution in [0.4, 0.5) is 11.4 Å². The molecule has 1 aliphatic rings. The Morgan fingerprint density at radius 3 is 2.39 bits per heavy atom. The standard InChI is InChI=1S/C23H26ClN3O5S/c1-3-22(29)25-17-9-12-19(24)20(14-17)26-23(30)21-6-4-5-13-27(21)33(31,32)18-10-7-16(8-11-18)15(2)28/h7-12,14,21H,3-6,13H2,1-2H3,(H,25,29)(H,26,30). The minimum atomic E-state index is -3.96. The van der Waals surface area contributed by atoms with Crippen molar-refractivity contribution in [1.29, 1.82) is 0 Å². The zero-order chi connectivity index (χ0) is 24.2. The van der Waals surface area contributed by atoms with Crippen LogP contribution >= 0.6 is 11.6 Å². The number of anilines is 2. The number of carbonyl (C=O) groups excluding carboxylic acids is 3. The average Bonchev–Trinajstić information content (AvgIpc) is 2.81. The molecule has 0 aliphatic carbocycles. The van der Waals surface area contributed by atoms with E-state index in [-0.39, 0.29) is 33.8 Å². The Morgan fingerprint density at radius 2 is 1.76 bits per heavy atom. The molecular weight excluding hydrogens is 466 g/mol. The van der Waals surface area contributed by atoms with Gasteiger partial charge in [-0.05, 0) is 50.1 Å². The molecule has 2 aromatic rings. The zero-order valence-corrected chi connectivity index (χ0v) is 20.0. The number of carbonyl (C=O) groups is 3. The van der Waals surface area contributed by atoms with Gasteiger partial charge in [0.2, 0.25) is 21.8 Å². The highest BCUT2D eigenvalue weighted by molar-refractivity contribution is 7.89. The first-order chi connectivity index (χ1) is 15.6. The fourth-order valence-electron chi connectivity index (χ4n) is 3.62. The summed E-state index contributed by atoms with van der Waals surface area (Å²) in [4.78, 5) is 36.3. The minimum Gasteiger partial charge on any atom is -0.326 e. The second-order valence-electron chi connectivity index (χ2n) is 7.79. The highest BCUT2D eigenvalue weighted by Crippen LogP contribution is 2.29. The van der Waals surface area contributed by atoms with Crippen molar-refractivity contribution in [2.75, 3.05) is 17.2 Å². The topological polar surface area (TPSA) is 113 Å². The monoisotopic (exact) mass is 491 g/mol. The summed E-state index contributed by atoms with van der Waals surface area (Å²) < 4.78 is 27.8. The summed E-state index contributed by atoms with van der Waals surface area (Å²) in [7, 11) is -3.96. The Hall–Kier alpha value is -2.75. The number of sulfonamides is 1. The van der Waals surface area contributed by atoms with Gasteiger partial charge < -0.3 is 10.6 Å². The van der Waals surface area contributed by atoms with E-state index in [0.29, 0.717) is 36.9 Å². The number of nitrogens with zero attached hydrogens (tertiary/aromatic N) is 1. The number of rotatable bonds is 7. The molecule has 10 heteroatoms. The molecule has 2 amide bonds. The maximum atomic E-state index is 13.3. The van der Waals surface area contributed by atoms with Crippen molar-refractivity contribution in [3.8, 4) is 0 Å². The Balaban J connectivity index is 1.84. The van der Waals surface area contributed by atoms with E-state index in [4.69, 9.17) is 11.6 Å². The molecule has 1 fully saturated rings. The predicted octanol–water partition coefficient (Wildman–Crippen LogP) is 4.07. The maximum Gasteiger partial charge on any atom is 0.243 e. The van der Waals surface area contributed by atoms with E-state index in [9.17, 15) is 22.8 Å². The zero-order valence-electron chi connectivity index (χ0n) is 18.4. The molecule has 2 N–H and O–H groups in total.